The molecule has 1 aromatic carbocycles. The van der Waals surface area contributed by atoms with Gasteiger partial charge in [0, 0.05) is 6.07 Å². The van der Waals surface area contributed by atoms with Crippen molar-refractivity contribution in [3.05, 3.63) is 83.6 Å². The van der Waals surface area contributed by atoms with Crippen molar-refractivity contribution in [2.45, 2.75) is 13.8 Å². The van der Waals surface area contributed by atoms with E-state index in [1.54, 1.807) is 38.1 Å². The number of amides is 2. The van der Waals surface area contributed by atoms with Crippen LogP contribution in [0.2, 0.25) is 0 Å². The second-order valence-corrected chi connectivity index (χ2v) is 6.37. The van der Waals surface area contributed by atoms with Crippen molar-refractivity contribution in [2.75, 3.05) is 0 Å². The number of carbonyl (C=O) groups excluding carboxylic acids is 2. The molecule has 0 saturated heterocycles. The highest BCUT2D eigenvalue weighted by molar-refractivity contribution is 5.99. The van der Waals surface area contributed by atoms with Crippen LogP contribution in [0.15, 0.2) is 69.7 Å². The van der Waals surface area contributed by atoms with Crippen LogP contribution in [-0.4, -0.2) is 21.6 Å². The quantitative estimate of drug-likeness (QED) is 0.520. The number of nitrogens with one attached hydrogen (secondary N) is 2. The topological polar surface area (TPSA) is 102 Å². The van der Waals surface area contributed by atoms with E-state index in [1.165, 1.54) is 10.9 Å². The molecule has 146 valence electrons. The summed E-state index contributed by atoms with van der Waals surface area (Å²) in [5.41, 5.74) is 6.63. The number of rotatable bonds is 4. The average Bonchev–Trinajstić information content (AvgIpc) is 3.46. The first-order valence-electron chi connectivity index (χ1n) is 8.90. The second-order valence-electron chi connectivity index (χ2n) is 6.37. The predicted molar refractivity (Wildman–Crippen MR) is 104 cm³/mol. The van der Waals surface area contributed by atoms with Gasteiger partial charge in [0.05, 0.1) is 17.5 Å². The summed E-state index contributed by atoms with van der Waals surface area (Å²) in [6.45, 7) is 3.43. The van der Waals surface area contributed by atoms with Gasteiger partial charge >= 0.3 is 0 Å². The number of aryl methyl sites for hydroxylation is 2. The standard InChI is InChI=1S/C21H18N4O4/c1-13-11-16(14(2)29-13)20(26)22-23-21(27)18-12-17(19-9-6-10-28-19)24-25(18)15-7-4-3-5-8-15/h3-12H,1-2H3,(H,22,26)(H,23,27). The van der Waals surface area contributed by atoms with Crippen LogP contribution in [0.1, 0.15) is 32.4 Å². The summed E-state index contributed by atoms with van der Waals surface area (Å²) in [7, 11) is 0. The molecule has 2 amide bonds. The molecule has 3 aromatic heterocycles. The van der Waals surface area contributed by atoms with E-state index >= 15 is 0 Å². The first-order valence-corrected chi connectivity index (χ1v) is 8.90. The molecule has 2 N–H and O–H groups in total. The van der Waals surface area contributed by atoms with E-state index in [0.29, 0.717) is 34.2 Å². The van der Waals surface area contributed by atoms with E-state index in [0.717, 1.165) is 0 Å². The van der Waals surface area contributed by atoms with E-state index in [-0.39, 0.29) is 5.69 Å². The zero-order chi connectivity index (χ0) is 20.4. The lowest BCUT2D eigenvalue weighted by Gasteiger charge is -2.09. The fourth-order valence-corrected chi connectivity index (χ4v) is 2.95. The van der Waals surface area contributed by atoms with Gasteiger partial charge in [-0.05, 0) is 44.2 Å². The highest BCUT2D eigenvalue weighted by Gasteiger charge is 2.20. The Morgan fingerprint density at radius 1 is 0.966 bits per heavy atom. The maximum absolute atomic E-state index is 12.8. The summed E-state index contributed by atoms with van der Waals surface area (Å²) in [4.78, 5) is 25.1. The number of hydrogen-bond donors (Lipinski definition) is 2. The summed E-state index contributed by atoms with van der Waals surface area (Å²) in [5.74, 6) is 0.630. The molecule has 0 saturated carbocycles. The van der Waals surface area contributed by atoms with E-state index in [4.69, 9.17) is 8.83 Å². The molecule has 4 rings (SSSR count). The number of carbonyl (C=O) groups is 2. The number of nitrogens with zero attached hydrogens (tertiary/aromatic N) is 2. The number of para-hydroxylation sites is 1. The number of benzene rings is 1. The van der Waals surface area contributed by atoms with Crippen LogP contribution < -0.4 is 10.9 Å². The maximum Gasteiger partial charge on any atom is 0.288 e. The third kappa shape index (κ3) is 3.68. The zero-order valence-corrected chi connectivity index (χ0v) is 15.8. The van der Waals surface area contributed by atoms with Crippen molar-refractivity contribution in [3.8, 4) is 17.1 Å². The molecule has 29 heavy (non-hydrogen) atoms. The summed E-state index contributed by atoms with van der Waals surface area (Å²) < 4.78 is 12.2. The molecule has 0 atom stereocenters. The van der Waals surface area contributed by atoms with Crippen LogP contribution in [0.5, 0.6) is 0 Å². The van der Waals surface area contributed by atoms with Crippen LogP contribution in [0, 0.1) is 13.8 Å². The third-order valence-corrected chi connectivity index (χ3v) is 4.29. The number of aromatic nitrogens is 2. The lowest BCUT2D eigenvalue weighted by Crippen LogP contribution is -2.42. The van der Waals surface area contributed by atoms with Crippen LogP contribution in [0.3, 0.4) is 0 Å². The first kappa shape index (κ1) is 18.3. The van der Waals surface area contributed by atoms with Gasteiger partial charge in [-0.2, -0.15) is 5.10 Å². The fraction of sp³-hybridized carbons (Fsp3) is 0.0952. The Morgan fingerprint density at radius 2 is 1.72 bits per heavy atom. The van der Waals surface area contributed by atoms with E-state index < -0.39 is 11.8 Å². The van der Waals surface area contributed by atoms with Gasteiger partial charge in [-0.3, -0.25) is 20.4 Å². The molecule has 0 unspecified atom stereocenters. The van der Waals surface area contributed by atoms with Crippen molar-refractivity contribution in [1.82, 2.24) is 20.6 Å². The van der Waals surface area contributed by atoms with Crippen LogP contribution >= 0.6 is 0 Å². The Bertz CT molecular complexity index is 1160. The largest absolute Gasteiger partial charge is 0.466 e. The van der Waals surface area contributed by atoms with Gasteiger partial charge in [0.15, 0.2) is 5.76 Å². The molecule has 0 aliphatic carbocycles. The van der Waals surface area contributed by atoms with Crippen LogP contribution in [0.25, 0.3) is 17.1 Å². The van der Waals surface area contributed by atoms with Crippen molar-refractivity contribution in [1.29, 1.82) is 0 Å². The van der Waals surface area contributed by atoms with Gasteiger partial charge in [0.1, 0.15) is 22.9 Å². The van der Waals surface area contributed by atoms with Gasteiger partial charge in [0.2, 0.25) is 0 Å². The number of hydrazine groups is 1. The highest BCUT2D eigenvalue weighted by Crippen LogP contribution is 2.22. The SMILES string of the molecule is Cc1cc(C(=O)NNC(=O)c2cc(-c3ccco3)nn2-c2ccccc2)c(C)o1. The zero-order valence-electron chi connectivity index (χ0n) is 15.8. The normalized spacial score (nSPS) is 10.7. The molecule has 0 bridgehead atoms. The van der Waals surface area contributed by atoms with Crippen molar-refractivity contribution in [2.24, 2.45) is 0 Å². The minimum absolute atomic E-state index is 0.239. The summed E-state index contributed by atoms with van der Waals surface area (Å²) in [6.07, 6.45) is 1.53. The first-order chi connectivity index (χ1) is 14.0. The van der Waals surface area contributed by atoms with E-state index in [2.05, 4.69) is 16.0 Å². The van der Waals surface area contributed by atoms with Gasteiger partial charge in [-0.1, -0.05) is 18.2 Å². The Labute approximate surface area is 166 Å². The molecule has 0 spiro atoms. The van der Waals surface area contributed by atoms with Crippen LogP contribution in [0.4, 0.5) is 0 Å². The molecule has 8 heteroatoms. The van der Waals surface area contributed by atoms with Gasteiger partial charge in [-0.25, -0.2) is 4.68 Å². The Morgan fingerprint density at radius 3 is 2.38 bits per heavy atom. The Balaban J connectivity index is 1.60. The molecule has 0 aliphatic rings. The van der Waals surface area contributed by atoms with Crippen molar-refractivity contribution < 1.29 is 18.4 Å². The Kier molecular flexibility index (Phi) is 4.74. The minimum Gasteiger partial charge on any atom is -0.466 e. The minimum atomic E-state index is -0.523. The second kappa shape index (κ2) is 7.51. The molecule has 0 radical (unpaired) electrons. The summed E-state index contributed by atoms with van der Waals surface area (Å²) in [5, 5.41) is 4.48. The average molecular weight is 390 g/mol. The van der Waals surface area contributed by atoms with Crippen LogP contribution in [-0.2, 0) is 0 Å². The molecule has 3 heterocycles. The fourth-order valence-electron chi connectivity index (χ4n) is 2.95. The third-order valence-electron chi connectivity index (χ3n) is 4.29. The van der Waals surface area contributed by atoms with Gasteiger partial charge in [-0.15, -0.1) is 0 Å². The lowest BCUT2D eigenvalue weighted by atomic mass is 10.2. The molecule has 4 aromatic rings. The maximum atomic E-state index is 12.8. The summed E-state index contributed by atoms with van der Waals surface area (Å²) in [6, 6.07) is 15.9. The smallest absolute Gasteiger partial charge is 0.288 e. The lowest BCUT2D eigenvalue weighted by molar-refractivity contribution is 0.0841. The van der Waals surface area contributed by atoms with E-state index in [1.807, 2.05) is 30.3 Å². The number of hydrogen-bond acceptors (Lipinski definition) is 5. The van der Waals surface area contributed by atoms with Gasteiger partial charge in [0.25, 0.3) is 11.8 Å². The summed E-state index contributed by atoms with van der Waals surface area (Å²) >= 11 is 0. The molecule has 8 nitrogen and oxygen atoms in total. The number of furan rings is 2. The van der Waals surface area contributed by atoms with Crippen molar-refractivity contribution >= 4 is 11.8 Å². The Hall–Kier alpha value is -4.07. The molecule has 0 fully saturated rings. The predicted octanol–water partition coefficient (Wildman–Crippen LogP) is 3.42. The molecular formula is C21H18N4O4. The monoisotopic (exact) mass is 390 g/mol. The van der Waals surface area contributed by atoms with Crippen molar-refractivity contribution in [3.63, 3.8) is 0 Å². The molecular weight excluding hydrogens is 372 g/mol. The van der Waals surface area contributed by atoms with E-state index in [9.17, 15) is 9.59 Å². The highest BCUT2D eigenvalue weighted by atomic mass is 16.3. The molecule has 0 aliphatic heterocycles. The van der Waals surface area contributed by atoms with Gasteiger partial charge < -0.3 is 8.83 Å².